The molecule has 0 bridgehead atoms. The third-order valence-corrected chi connectivity index (χ3v) is 3.33. The van der Waals surface area contributed by atoms with Crippen LogP contribution in [0.4, 0.5) is 15.8 Å². The van der Waals surface area contributed by atoms with Crippen LogP contribution in [-0.2, 0) is 0 Å². The molecule has 20 heavy (non-hydrogen) atoms. The van der Waals surface area contributed by atoms with Crippen molar-refractivity contribution in [1.29, 1.82) is 0 Å². The van der Waals surface area contributed by atoms with Crippen LogP contribution < -0.4 is 11.1 Å². The fourth-order valence-corrected chi connectivity index (χ4v) is 2.02. The van der Waals surface area contributed by atoms with Gasteiger partial charge in [0, 0.05) is 10.7 Å². The minimum absolute atomic E-state index is 0.0956. The van der Waals surface area contributed by atoms with E-state index in [1.807, 2.05) is 0 Å². The van der Waals surface area contributed by atoms with Crippen molar-refractivity contribution in [3.8, 4) is 0 Å². The summed E-state index contributed by atoms with van der Waals surface area (Å²) in [7, 11) is 0. The van der Waals surface area contributed by atoms with Crippen molar-refractivity contribution in [2.24, 2.45) is 0 Å². The van der Waals surface area contributed by atoms with Gasteiger partial charge in [-0.3, -0.25) is 4.79 Å². The molecule has 0 radical (unpaired) electrons. The first-order valence-corrected chi connectivity index (χ1v) is 6.46. The van der Waals surface area contributed by atoms with E-state index in [1.54, 1.807) is 13.0 Å². The molecule has 0 spiro atoms. The van der Waals surface area contributed by atoms with Gasteiger partial charge in [0.1, 0.15) is 5.82 Å². The van der Waals surface area contributed by atoms with Gasteiger partial charge in [0.25, 0.3) is 5.91 Å². The van der Waals surface area contributed by atoms with Gasteiger partial charge in [-0.1, -0.05) is 23.2 Å². The van der Waals surface area contributed by atoms with Crippen LogP contribution in [0.2, 0.25) is 10.0 Å². The lowest BCUT2D eigenvalue weighted by Gasteiger charge is -2.11. The molecule has 2 rings (SSSR count). The Labute approximate surface area is 125 Å². The van der Waals surface area contributed by atoms with Gasteiger partial charge < -0.3 is 11.1 Å². The molecule has 0 aliphatic carbocycles. The minimum Gasteiger partial charge on any atom is -0.398 e. The summed E-state index contributed by atoms with van der Waals surface area (Å²) < 4.78 is 13.7. The summed E-state index contributed by atoms with van der Waals surface area (Å²) in [6.45, 7) is 1.76. The first-order chi connectivity index (χ1) is 9.38. The Morgan fingerprint density at radius 3 is 2.60 bits per heavy atom. The van der Waals surface area contributed by atoms with Crippen molar-refractivity contribution in [3.05, 3.63) is 57.3 Å². The highest BCUT2D eigenvalue weighted by Gasteiger charge is 2.14. The summed E-state index contributed by atoms with van der Waals surface area (Å²) in [5, 5.41) is 3.14. The van der Waals surface area contributed by atoms with E-state index in [4.69, 9.17) is 28.9 Å². The van der Waals surface area contributed by atoms with E-state index in [1.165, 1.54) is 18.2 Å². The maximum absolute atomic E-state index is 13.7. The number of rotatable bonds is 2. The topological polar surface area (TPSA) is 55.1 Å². The third-order valence-electron chi connectivity index (χ3n) is 2.77. The highest BCUT2D eigenvalue weighted by atomic mass is 35.5. The molecule has 104 valence electrons. The summed E-state index contributed by atoms with van der Waals surface area (Å²) in [4.78, 5) is 12.0. The molecular weight excluding hydrogens is 302 g/mol. The monoisotopic (exact) mass is 312 g/mol. The fourth-order valence-electron chi connectivity index (χ4n) is 1.70. The van der Waals surface area contributed by atoms with Crippen LogP contribution >= 0.6 is 23.2 Å². The van der Waals surface area contributed by atoms with E-state index in [9.17, 15) is 9.18 Å². The standard InChI is InChI=1S/C14H11Cl2FN2O/c1-7-4-12(18)10(16)6-13(7)19-14(20)9-3-2-8(15)5-11(9)17/h2-6H,18H2,1H3,(H,19,20). The molecular formula is C14H11Cl2FN2O. The van der Waals surface area contributed by atoms with Crippen LogP contribution in [0.5, 0.6) is 0 Å². The van der Waals surface area contributed by atoms with Gasteiger partial charge >= 0.3 is 0 Å². The zero-order valence-electron chi connectivity index (χ0n) is 10.5. The highest BCUT2D eigenvalue weighted by molar-refractivity contribution is 6.33. The third kappa shape index (κ3) is 3.03. The molecule has 0 unspecified atom stereocenters. The molecule has 3 N–H and O–H groups in total. The Kier molecular flexibility index (Phi) is 4.16. The Hall–Kier alpha value is -1.78. The lowest BCUT2D eigenvalue weighted by atomic mass is 10.1. The van der Waals surface area contributed by atoms with Crippen LogP contribution in [-0.4, -0.2) is 5.91 Å². The summed E-state index contributed by atoms with van der Waals surface area (Å²) >= 11 is 11.5. The van der Waals surface area contributed by atoms with Crippen molar-refractivity contribution in [1.82, 2.24) is 0 Å². The molecule has 0 fully saturated rings. The summed E-state index contributed by atoms with van der Waals surface area (Å²) in [5.41, 5.74) is 7.18. The van der Waals surface area contributed by atoms with E-state index in [-0.39, 0.29) is 10.6 Å². The zero-order valence-corrected chi connectivity index (χ0v) is 12.0. The summed E-state index contributed by atoms with van der Waals surface area (Å²) in [6, 6.07) is 7.01. The van der Waals surface area contributed by atoms with Crippen LogP contribution in [0, 0.1) is 12.7 Å². The van der Waals surface area contributed by atoms with Crippen LogP contribution in [0.25, 0.3) is 0 Å². The largest absolute Gasteiger partial charge is 0.398 e. The Bertz CT molecular complexity index is 689. The van der Waals surface area contributed by atoms with Crippen LogP contribution in [0.15, 0.2) is 30.3 Å². The molecule has 1 amide bonds. The number of amides is 1. The molecule has 0 atom stereocenters. The molecule has 0 aromatic heterocycles. The van der Waals surface area contributed by atoms with E-state index < -0.39 is 11.7 Å². The second kappa shape index (κ2) is 5.69. The minimum atomic E-state index is -0.686. The molecule has 0 heterocycles. The number of carbonyl (C=O) groups excluding carboxylic acids is 1. The van der Waals surface area contributed by atoms with Gasteiger partial charge in [-0.25, -0.2) is 4.39 Å². The number of benzene rings is 2. The molecule has 0 saturated heterocycles. The van der Waals surface area contributed by atoms with Gasteiger partial charge in [0.05, 0.1) is 16.3 Å². The van der Waals surface area contributed by atoms with E-state index in [0.29, 0.717) is 16.4 Å². The quantitative estimate of drug-likeness (QED) is 0.813. The number of hydrogen-bond acceptors (Lipinski definition) is 2. The van der Waals surface area contributed by atoms with E-state index in [0.717, 1.165) is 11.6 Å². The Morgan fingerprint density at radius 1 is 1.25 bits per heavy atom. The lowest BCUT2D eigenvalue weighted by molar-refractivity contribution is 0.102. The van der Waals surface area contributed by atoms with Gasteiger partial charge in [0.2, 0.25) is 0 Å². The number of aryl methyl sites for hydroxylation is 1. The van der Waals surface area contributed by atoms with E-state index >= 15 is 0 Å². The Balaban J connectivity index is 2.30. The van der Waals surface area contributed by atoms with Crippen molar-refractivity contribution in [3.63, 3.8) is 0 Å². The molecule has 0 saturated carbocycles. The second-order valence-electron chi connectivity index (χ2n) is 4.27. The maximum atomic E-state index is 13.7. The van der Waals surface area contributed by atoms with Gasteiger partial charge in [-0.2, -0.15) is 0 Å². The summed E-state index contributed by atoms with van der Waals surface area (Å²) in [5.74, 6) is -1.27. The average Bonchev–Trinajstić information content (AvgIpc) is 2.35. The van der Waals surface area contributed by atoms with Crippen molar-refractivity contribution in [2.45, 2.75) is 6.92 Å². The molecule has 3 nitrogen and oxygen atoms in total. The molecule has 0 aliphatic rings. The molecule has 0 aliphatic heterocycles. The average molecular weight is 313 g/mol. The van der Waals surface area contributed by atoms with Crippen LogP contribution in [0.3, 0.4) is 0 Å². The predicted molar refractivity (Wildman–Crippen MR) is 80.0 cm³/mol. The fraction of sp³-hybridized carbons (Fsp3) is 0.0714. The number of nitrogens with one attached hydrogen (secondary N) is 1. The first kappa shape index (κ1) is 14.6. The van der Waals surface area contributed by atoms with Gasteiger partial charge in [0.15, 0.2) is 0 Å². The van der Waals surface area contributed by atoms with Gasteiger partial charge in [-0.05, 0) is 42.8 Å². The number of carbonyl (C=O) groups is 1. The van der Waals surface area contributed by atoms with Crippen molar-refractivity contribution >= 4 is 40.5 Å². The number of hydrogen-bond donors (Lipinski definition) is 2. The Morgan fingerprint density at radius 2 is 1.95 bits per heavy atom. The second-order valence-corrected chi connectivity index (χ2v) is 5.11. The SMILES string of the molecule is Cc1cc(N)c(Cl)cc1NC(=O)c1ccc(Cl)cc1F. The number of halogens is 3. The normalized spacial score (nSPS) is 10.4. The predicted octanol–water partition coefficient (Wildman–Crippen LogP) is 4.28. The number of nitrogen functional groups attached to an aromatic ring is 1. The maximum Gasteiger partial charge on any atom is 0.258 e. The first-order valence-electron chi connectivity index (χ1n) is 5.70. The number of anilines is 2. The smallest absolute Gasteiger partial charge is 0.258 e. The van der Waals surface area contributed by atoms with Gasteiger partial charge in [-0.15, -0.1) is 0 Å². The highest BCUT2D eigenvalue weighted by Crippen LogP contribution is 2.27. The zero-order chi connectivity index (χ0) is 14.9. The molecule has 2 aromatic rings. The van der Waals surface area contributed by atoms with Crippen molar-refractivity contribution < 1.29 is 9.18 Å². The molecule has 2 aromatic carbocycles. The van der Waals surface area contributed by atoms with E-state index in [2.05, 4.69) is 5.32 Å². The number of nitrogens with two attached hydrogens (primary N) is 1. The van der Waals surface area contributed by atoms with Crippen LogP contribution in [0.1, 0.15) is 15.9 Å². The van der Waals surface area contributed by atoms with Crippen molar-refractivity contribution in [2.75, 3.05) is 11.1 Å². The summed E-state index contributed by atoms with van der Waals surface area (Å²) in [6.07, 6.45) is 0. The lowest BCUT2D eigenvalue weighted by Crippen LogP contribution is -2.14. The molecule has 6 heteroatoms.